The van der Waals surface area contributed by atoms with Gasteiger partial charge in [0.25, 0.3) is 5.91 Å². The van der Waals surface area contributed by atoms with Crippen molar-refractivity contribution >= 4 is 22.8 Å². The molecule has 0 bridgehead atoms. The van der Waals surface area contributed by atoms with Crippen LogP contribution < -0.4 is 20.4 Å². The molecule has 0 atom stereocenters. The predicted molar refractivity (Wildman–Crippen MR) is 107 cm³/mol. The van der Waals surface area contributed by atoms with Crippen LogP contribution in [0, 0.1) is 6.92 Å². The average molecular weight is 395 g/mol. The van der Waals surface area contributed by atoms with Crippen molar-refractivity contribution in [3.8, 4) is 11.5 Å². The van der Waals surface area contributed by atoms with Gasteiger partial charge in [-0.2, -0.15) is 0 Å². The van der Waals surface area contributed by atoms with Crippen LogP contribution in [0.2, 0.25) is 0 Å². The van der Waals surface area contributed by atoms with E-state index in [9.17, 15) is 14.4 Å². The standard InChI is InChI=1S/C22H21NO6/c1-3-9-23-21(25)18-11-15-7-8-17(12-19(15)29-22(18)26)28-20(24)13-27-16-6-4-5-14(2)10-16/h4-8,10-12H,3,9,13H2,1-2H3,(H,23,25). The number of amides is 1. The van der Waals surface area contributed by atoms with Crippen LogP contribution in [0.3, 0.4) is 0 Å². The molecule has 7 heteroatoms. The van der Waals surface area contributed by atoms with Crippen LogP contribution in [0.25, 0.3) is 11.0 Å². The smallest absolute Gasteiger partial charge is 0.349 e. The Balaban J connectivity index is 1.70. The van der Waals surface area contributed by atoms with Gasteiger partial charge in [0.2, 0.25) is 0 Å². The number of carbonyl (C=O) groups excluding carboxylic acids is 2. The normalized spacial score (nSPS) is 10.6. The van der Waals surface area contributed by atoms with Crippen LogP contribution >= 0.6 is 0 Å². The van der Waals surface area contributed by atoms with E-state index < -0.39 is 17.5 Å². The fraction of sp³-hybridized carbons (Fsp3) is 0.227. The maximum absolute atomic E-state index is 12.1. The van der Waals surface area contributed by atoms with Crippen molar-refractivity contribution < 1.29 is 23.5 Å². The van der Waals surface area contributed by atoms with Crippen molar-refractivity contribution in [2.75, 3.05) is 13.2 Å². The molecule has 29 heavy (non-hydrogen) atoms. The summed E-state index contributed by atoms with van der Waals surface area (Å²) >= 11 is 0. The number of carbonyl (C=O) groups is 2. The number of hydrogen-bond donors (Lipinski definition) is 1. The van der Waals surface area contributed by atoms with E-state index in [-0.39, 0.29) is 23.5 Å². The van der Waals surface area contributed by atoms with Gasteiger partial charge < -0.3 is 19.2 Å². The van der Waals surface area contributed by atoms with E-state index in [1.165, 1.54) is 12.1 Å². The number of rotatable bonds is 7. The summed E-state index contributed by atoms with van der Waals surface area (Å²) in [7, 11) is 0. The Morgan fingerprint density at radius 3 is 2.66 bits per heavy atom. The highest BCUT2D eigenvalue weighted by Gasteiger charge is 2.14. The molecule has 0 saturated heterocycles. The second-order valence-electron chi connectivity index (χ2n) is 6.48. The summed E-state index contributed by atoms with van der Waals surface area (Å²) in [6.07, 6.45) is 0.757. The molecule has 1 amide bonds. The molecule has 1 aromatic heterocycles. The summed E-state index contributed by atoms with van der Waals surface area (Å²) in [4.78, 5) is 36.2. The number of nitrogens with one attached hydrogen (secondary N) is 1. The summed E-state index contributed by atoms with van der Waals surface area (Å²) in [6, 6.07) is 13.4. The van der Waals surface area contributed by atoms with Gasteiger partial charge in [-0.25, -0.2) is 9.59 Å². The first-order valence-electron chi connectivity index (χ1n) is 9.22. The van der Waals surface area contributed by atoms with Crippen LogP contribution in [0.4, 0.5) is 0 Å². The molecule has 1 heterocycles. The van der Waals surface area contributed by atoms with Crippen LogP contribution in [0.15, 0.2) is 57.7 Å². The summed E-state index contributed by atoms with van der Waals surface area (Å²) in [5.74, 6) is -0.294. The minimum atomic E-state index is -0.752. The Morgan fingerprint density at radius 2 is 1.90 bits per heavy atom. The Labute approximate surface area is 167 Å². The lowest BCUT2D eigenvalue weighted by molar-refractivity contribution is -0.136. The summed E-state index contributed by atoms with van der Waals surface area (Å²) in [6.45, 7) is 4.04. The van der Waals surface area contributed by atoms with Crippen molar-refractivity contribution in [2.24, 2.45) is 0 Å². The molecule has 0 saturated carbocycles. The highest BCUT2D eigenvalue weighted by Crippen LogP contribution is 2.21. The molecule has 3 aromatic rings. The molecule has 0 aliphatic carbocycles. The first kappa shape index (κ1) is 20.1. The van der Waals surface area contributed by atoms with Crippen LogP contribution in [0.5, 0.6) is 11.5 Å². The van der Waals surface area contributed by atoms with E-state index in [4.69, 9.17) is 13.9 Å². The number of hydrogen-bond acceptors (Lipinski definition) is 6. The van der Waals surface area contributed by atoms with E-state index in [1.54, 1.807) is 18.2 Å². The molecule has 0 aliphatic heterocycles. The summed E-state index contributed by atoms with van der Waals surface area (Å²) in [5.41, 5.74) is 0.412. The van der Waals surface area contributed by atoms with Crippen LogP contribution in [-0.4, -0.2) is 25.0 Å². The zero-order valence-electron chi connectivity index (χ0n) is 16.2. The molecule has 150 valence electrons. The highest BCUT2D eigenvalue weighted by atomic mass is 16.6. The van der Waals surface area contributed by atoms with Gasteiger partial charge in [-0.15, -0.1) is 0 Å². The number of ether oxygens (including phenoxy) is 2. The monoisotopic (exact) mass is 395 g/mol. The maximum atomic E-state index is 12.1. The van der Waals surface area contributed by atoms with Crippen LogP contribution in [-0.2, 0) is 4.79 Å². The zero-order chi connectivity index (χ0) is 20.8. The van der Waals surface area contributed by atoms with E-state index >= 15 is 0 Å². The Morgan fingerprint density at radius 1 is 1.07 bits per heavy atom. The number of esters is 1. The third-order valence-electron chi connectivity index (χ3n) is 4.07. The molecule has 1 N–H and O–H groups in total. The molecule has 2 aromatic carbocycles. The van der Waals surface area contributed by atoms with Gasteiger partial charge in [0.15, 0.2) is 6.61 Å². The molecular weight excluding hydrogens is 374 g/mol. The van der Waals surface area contributed by atoms with Gasteiger partial charge in [-0.1, -0.05) is 19.1 Å². The fourth-order valence-electron chi connectivity index (χ4n) is 2.66. The third-order valence-corrected chi connectivity index (χ3v) is 4.07. The molecule has 7 nitrogen and oxygen atoms in total. The van der Waals surface area contributed by atoms with Gasteiger partial charge in [0, 0.05) is 18.0 Å². The van der Waals surface area contributed by atoms with Gasteiger partial charge in [0.05, 0.1) is 0 Å². The molecule has 0 radical (unpaired) electrons. The first-order chi connectivity index (χ1) is 14.0. The van der Waals surface area contributed by atoms with Crippen LogP contribution in [0.1, 0.15) is 29.3 Å². The second kappa shape index (κ2) is 9.05. The van der Waals surface area contributed by atoms with Crippen molar-refractivity contribution in [1.82, 2.24) is 5.32 Å². The van der Waals surface area contributed by atoms with E-state index in [0.29, 0.717) is 17.7 Å². The minimum Gasteiger partial charge on any atom is -0.482 e. The fourth-order valence-corrected chi connectivity index (χ4v) is 2.66. The van der Waals surface area contributed by atoms with Crippen molar-refractivity contribution in [1.29, 1.82) is 0 Å². The van der Waals surface area contributed by atoms with E-state index in [2.05, 4.69) is 5.32 Å². The Hall–Kier alpha value is -3.61. The lowest BCUT2D eigenvalue weighted by atomic mass is 10.1. The Bertz CT molecular complexity index is 1100. The largest absolute Gasteiger partial charge is 0.482 e. The van der Waals surface area contributed by atoms with Crippen molar-refractivity contribution in [3.05, 3.63) is 70.1 Å². The van der Waals surface area contributed by atoms with Gasteiger partial charge in [-0.3, -0.25) is 4.79 Å². The average Bonchev–Trinajstić information content (AvgIpc) is 2.70. The van der Waals surface area contributed by atoms with Gasteiger partial charge >= 0.3 is 11.6 Å². The van der Waals surface area contributed by atoms with Crippen molar-refractivity contribution in [2.45, 2.75) is 20.3 Å². The first-order valence-corrected chi connectivity index (χ1v) is 9.22. The van der Waals surface area contributed by atoms with Crippen molar-refractivity contribution in [3.63, 3.8) is 0 Å². The van der Waals surface area contributed by atoms with E-state index in [0.717, 1.165) is 12.0 Å². The lowest BCUT2D eigenvalue weighted by Crippen LogP contribution is -2.28. The lowest BCUT2D eigenvalue weighted by Gasteiger charge is -2.08. The SMILES string of the molecule is CCCNC(=O)c1cc2ccc(OC(=O)COc3cccc(C)c3)cc2oc1=O. The van der Waals surface area contributed by atoms with Gasteiger partial charge in [-0.05, 0) is 49.2 Å². The highest BCUT2D eigenvalue weighted by molar-refractivity contribution is 5.96. The minimum absolute atomic E-state index is 0.0674. The summed E-state index contributed by atoms with van der Waals surface area (Å²) in [5, 5.41) is 3.18. The summed E-state index contributed by atoms with van der Waals surface area (Å²) < 4.78 is 15.9. The van der Waals surface area contributed by atoms with E-state index in [1.807, 2.05) is 32.0 Å². The second-order valence-corrected chi connectivity index (χ2v) is 6.48. The molecular formula is C22H21NO6. The third kappa shape index (κ3) is 5.22. The quantitative estimate of drug-likeness (QED) is 0.375. The number of benzene rings is 2. The zero-order valence-corrected chi connectivity index (χ0v) is 16.2. The maximum Gasteiger partial charge on any atom is 0.349 e. The number of aryl methyl sites for hydroxylation is 1. The predicted octanol–water partition coefficient (Wildman–Crippen LogP) is 3.23. The van der Waals surface area contributed by atoms with Gasteiger partial charge in [0.1, 0.15) is 22.6 Å². The molecule has 0 spiro atoms. The molecule has 0 fully saturated rings. The molecule has 0 aliphatic rings. The topological polar surface area (TPSA) is 94.8 Å². The Kier molecular flexibility index (Phi) is 6.29. The number of fused-ring (bicyclic) bond motifs is 1. The molecule has 3 rings (SSSR count). The molecule has 0 unspecified atom stereocenters.